The van der Waals surface area contributed by atoms with Gasteiger partial charge in [0.25, 0.3) is 0 Å². The molecule has 0 aromatic heterocycles. The van der Waals surface area contributed by atoms with Gasteiger partial charge >= 0.3 is 0 Å². The fraction of sp³-hybridized carbons (Fsp3) is 0.900. The van der Waals surface area contributed by atoms with Gasteiger partial charge in [-0.3, -0.25) is 0 Å². The van der Waals surface area contributed by atoms with Crippen molar-refractivity contribution in [3.63, 3.8) is 0 Å². The molecule has 2 N–H and O–H groups in total. The van der Waals surface area contributed by atoms with Gasteiger partial charge in [-0.1, -0.05) is 0 Å². The molecule has 1 atom stereocenters. The van der Waals surface area contributed by atoms with Crippen LogP contribution in [0, 0.1) is 5.41 Å². The van der Waals surface area contributed by atoms with E-state index in [1.807, 2.05) is 6.92 Å². The summed E-state index contributed by atoms with van der Waals surface area (Å²) < 4.78 is 0. The molecular weight excluding hydrogens is 214 g/mol. The predicted octanol–water partition coefficient (Wildman–Crippen LogP) is 1.89. The van der Waals surface area contributed by atoms with E-state index in [9.17, 15) is 0 Å². The largest absolute Gasteiger partial charge is 0.397 e. The van der Waals surface area contributed by atoms with Gasteiger partial charge < -0.3 is 10.0 Å². The maximum Gasteiger partial charge on any atom is 0.0864 e. The van der Waals surface area contributed by atoms with Crippen molar-refractivity contribution >= 4 is 18.4 Å². The zero-order valence-electron chi connectivity index (χ0n) is 10.2. The molecule has 0 bridgehead atoms. The van der Waals surface area contributed by atoms with Gasteiger partial charge in [0.1, 0.15) is 0 Å². The molecule has 0 fully saturated rings. The second-order valence-electron chi connectivity index (χ2n) is 3.35. The minimum absolute atomic E-state index is 0. The fourth-order valence-corrected chi connectivity index (χ4v) is 0.878. The second-order valence-corrected chi connectivity index (χ2v) is 3.35. The lowest BCUT2D eigenvalue weighted by Crippen LogP contribution is -2.14. The molecule has 0 rings (SSSR count). The molecular formula is C10H24ClN3O. The van der Waals surface area contributed by atoms with Crippen LogP contribution in [0.1, 0.15) is 26.7 Å². The molecule has 4 nitrogen and oxygen atoms in total. The number of hydrogen-bond donors (Lipinski definition) is 2. The summed E-state index contributed by atoms with van der Waals surface area (Å²) in [5.41, 5.74) is 0. The first-order valence-corrected chi connectivity index (χ1v) is 4.95. The van der Waals surface area contributed by atoms with E-state index in [1.54, 1.807) is 6.92 Å². The van der Waals surface area contributed by atoms with Crippen LogP contribution in [0.3, 0.4) is 0 Å². The van der Waals surface area contributed by atoms with E-state index in [2.05, 4.69) is 30.0 Å². The average molecular weight is 238 g/mol. The summed E-state index contributed by atoms with van der Waals surface area (Å²) in [6, 6.07) is 2.32. The number of aliphatic imine (C=N–C) groups is 1. The Balaban J connectivity index is -0.000000320. The first-order chi connectivity index (χ1) is 6.58. The van der Waals surface area contributed by atoms with Crippen LogP contribution in [-0.2, 0) is 0 Å². The van der Waals surface area contributed by atoms with E-state index >= 15 is 0 Å². The summed E-state index contributed by atoms with van der Waals surface area (Å²) in [5, 5.41) is 14.2. The maximum absolute atomic E-state index is 7.57. The molecule has 0 heterocycles. The Labute approximate surface area is 99.3 Å². The highest BCUT2D eigenvalue weighted by Crippen LogP contribution is 1.99. The SMILES string of the molecule is CC(CCCN(C)C)N=C=N.CCO.Cl. The molecule has 0 aromatic rings. The number of nitrogens with one attached hydrogen (secondary N) is 1. The highest BCUT2D eigenvalue weighted by atomic mass is 35.5. The number of hydrogen-bond acceptors (Lipinski definition) is 4. The highest BCUT2D eigenvalue weighted by Gasteiger charge is 1.97. The molecule has 1 unspecified atom stereocenters. The van der Waals surface area contributed by atoms with Gasteiger partial charge in [-0.2, -0.15) is 0 Å². The van der Waals surface area contributed by atoms with Crippen LogP contribution in [0.4, 0.5) is 0 Å². The van der Waals surface area contributed by atoms with Crippen LogP contribution >= 0.6 is 12.4 Å². The smallest absolute Gasteiger partial charge is 0.0864 e. The molecule has 0 radical (unpaired) electrons. The van der Waals surface area contributed by atoms with E-state index in [4.69, 9.17) is 10.5 Å². The van der Waals surface area contributed by atoms with E-state index in [-0.39, 0.29) is 25.1 Å². The van der Waals surface area contributed by atoms with Gasteiger partial charge in [-0.15, -0.1) is 12.4 Å². The summed E-state index contributed by atoms with van der Waals surface area (Å²) >= 11 is 0. The molecule has 0 aliphatic rings. The van der Waals surface area contributed by atoms with Gasteiger partial charge in [0.2, 0.25) is 0 Å². The Morgan fingerprint density at radius 1 is 1.47 bits per heavy atom. The Bertz CT molecular complexity index is 159. The number of halogens is 1. The molecule has 0 amide bonds. The molecule has 92 valence electrons. The first kappa shape index (κ1) is 20.1. The molecule has 0 aliphatic heterocycles. The van der Waals surface area contributed by atoms with Crippen molar-refractivity contribution in [2.24, 2.45) is 4.99 Å². The zero-order valence-corrected chi connectivity index (χ0v) is 11.0. The highest BCUT2D eigenvalue weighted by molar-refractivity contribution is 5.85. The van der Waals surface area contributed by atoms with E-state index < -0.39 is 0 Å². The van der Waals surface area contributed by atoms with E-state index in [0.717, 1.165) is 19.4 Å². The summed E-state index contributed by atoms with van der Waals surface area (Å²) in [6.07, 6.45) is 2.18. The number of rotatable bonds is 5. The van der Waals surface area contributed by atoms with Crippen LogP contribution in [0.5, 0.6) is 0 Å². The Morgan fingerprint density at radius 2 is 1.93 bits per heavy atom. The quantitative estimate of drug-likeness (QED) is 0.718. The summed E-state index contributed by atoms with van der Waals surface area (Å²) in [6.45, 7) is 5.04. The topological polar surface area (TPSA) is 59.7 Å². The second kappa shape index (κ2) is 16.0. The standard InChI is InChI=1S/C8H17N3.C2H6O.ClH/c1-8(10-7-9)5-4-6-11(2)3;1-2-3;/h8-9H,4-6H2,1-3H3;3H,2H2,1H3;1H. The van der Waals surface area contributed by atoms with Gasteiger partial charge in [0.05, 0.1) is 12.1 Å². The molecule has 0 saturated carbocycles. The third-order valence-electron chi connectivity index (χ3n) is 1.51. The zero-order chi connectivity index (χ0) is 11.4. The normalized spacial score (nSPS) is 10.5. The predicted molar refractivity (Wildman–Crippen MR) is 67.4 cm³/mol. The molecule has 5 heteroatoms. The monoisotopic (exact) mass is 237 g/mol. The van der Waals surface area contributed by atoms with Crippen molar-refractivity contribution in [3.8, 4) is 0 Å². The maximum atomic E-state index is 7.57. The molecule has 15 heavy (non-hydrogen) atoms. The summed E-state index contributed by atoms with van der Waals surface area (Å²) in [7, 11) is 4.12. The van der Waals surface area contributed by atoms with Crippen molar-refractivity contribution in [2.45, 2.75) is 32.7 Å². The lowest BCUT2D eigenvalue weighted by atomic mass is 10.2. The molecule has 0 aromatic carbocycles. The van der Waals surface area contributed by atoms with Crippen LogP contribution < -0.4 is 0 Å². The fourth-order valence-electron chi connectivity index (χ4n) is 0.878. The van der Waals surface area contributed by atoms with Gasteiger partial charge in [0.15, 0.2) is 0 Å². The van der Waals surface area contributed by atoms with Crippen molar-refractivity contribution in [1.82, 2.24) is 4.90 Å². The minimum atomic E-state index is 0. The van der Waals surface area contributed by atoms with Crippen LogP contribution in [0.25, 0.3) is 0 Å². The first-order valence-electron chi connectivity index (χ1n) is 4.95. The molecule has 0 saturated heterocycles. The lowest BCUT2D eigenvalue weighted by molar-refractivity contribution is 0.318. The lowest BCUT2D eigenvalue weighted by Gasteiger charge is -2.09. The summed E-state index contributed by atoms with van der Waals surface area (Å²) in [5.74, 6) is 0. The number of aliphatic hydroxyl groups excluding tert-OH is 1. The van der Waals surface area contributed by atoms with Gasteiger partial charge in [-0.05, 0) is 47.3 Å². The minimum Gasteiger partial charge on any atom is -0.397 e. The van der Waals surface area contributed by atoms with Gasteiger partial charge in [-0.25, -0.2) is 10.4 Å². The summed E-state index contributed by atoms with van der Waals surface area (Å²) in [4.78, 5) is 5.97. The van der Waals surface area contributed by atoms with E-state index in [0.29, 0.717) is 0 Å². The van der Waals surface area contributed by atoms with Crippen molar-refractivity contribution in [1.29, 1.82) is 5.41 Å². The van der Waals surface area contributed by atoms with Crippen molar-refractivity contribution < 1.29 is 5.11 Å². The van der Waals surface area contributed by atoms with Crippen LogP contribution in [-0.4, -0.2) is 49.3 Å². The third-order valence-corrected chi connectivity index (χ3v) is 1.51. The number of nitrogens with zero attached hydrogens (tertiary/aromatic N) is 2. The Kier molecular flexibility index (Phi) is 21.4. The van der Waals surface area contributed by atoms with Gasteiger partial charge in [0, 0.05) is 6.61 Å². The van der Waals surface area contributed by atoms with Crippen molar-refractivity contribution in [2.75, 3.05) is 27.2 Å². The molecule has 0 aliphatic carbocycles. The van der Waals surface area contributed by atoms with E-state index in [1.165, 1.54) is 0 Å². The van der Waals surface area contributed by atoms with Crippen LogP contribution in [0.15, 0.2) is 4.99 Å². The Hall–Kier alpha value is -0.410. The van der Waals surface area contributed by atoms with Crippen molar-refractivity contribution in [3.05, 3.63) is 0 Å². The number of aliphatic hydroxyl groups is 1. The van der Waals surface area contributed by atoms with Crippen LogP contribution in [0.2, 0.25) is 0 Å². The average Bonchev–Trinajstić information content (AvgIpc) is 2.05. The third kappa shape index (κ3) is 24.7. The Morgan fingerprint density at radius 3 is 2.27 bits per heavy atom. The molecule has 0 spiro atoms.